The van der Waals surface area contributed by atoms with Gasteiger partial charge in [0.2, 0.25) is 5.91 Å². The molecule has 174 valence electrons. The van der Waals surface area contributed by atoms with Crippen molar-refractivity contribution in [3.05, 3.63) is 71.8 Å². The molecule has 2 amide bonds. The van der Waals surface area contributed by atoms with Gasteiger partial charge in [-0.1, -0.05) is 60.7 Å². The van der Waals surface area contributed by atoms with Crippen LogP contribution in [0.1, 0.15) is 17.0 Å². The van der Waals surface area contributed by atoms with Crippen molar-refractivity contribution >= 4 is 34.1 Å². The molecule has 1 fully saturated rings. The Hall–Kier alpha value is -3.77. The molecule has 1 heterocycles. The first-order chi connectivity index (χ1) is 15.6. The van der Waals surface area contributed by atoms with Crippen molar-refractivity contribution in [1.29, 1.82) is 0 Å². The lowest BCUT2D eigenvalue weighted by Crippen LogP contribution is -2.74. The minimum atomic E-state index is -5.08. The molecule has 1 aliphatic heterocycles. The van der Waals surface area contributed by atoms with E-state index in [0.717, 1.165) is 7.11 Å². The van der Waals surface area contributed by atoms with E-state index in [1.54, 1.807) is 48.5 Å². The van der Waals surface area contributed by atoms with Crippen molar-refractivity contribution in [2.45, 2.75) is 24.6 Å². The van der Waals surface area contributed by atoms with Crippen LogP contribution >= 0.6 is 0 Å². The van der Waals surface area contributed by atoms with E-state index >= 15 is 0 Å². The van der Waals surface area contributed by atoms with E-state index in [4.69, 9.17) is 4.74 Å². The fourth-order valence-corrected chi connectivity index (χ4v) is 4.14. The molecule has 11 nitrogen and oxygen atoms in total. The summed E-state index contributed by atoms with van der Waals surface area (Å²) in [6.45, 7) is -0.111. The van der Waals surface area contributed by atoms with E-state index in [-0.39, 0.29) is 16.5 Å². The number of nitrogens with one attached hydrogen (secondary N) is 1. The zero-order valence-corrected chi connectivity index (χ0v) is 18.1. The van der Waals surface area contributed by atoms with Crippen LogP contribution in [0.15, 0.2) is 60.7 Å². The largest absolute Gasteiger partial charge is 0.467 e. The van der Waals surface area contributed by atoms with E-state index in [1.807, 2.05) is 0 Å². The standard InChI is InChI=1S/C21H20N2O9S/c1-31-21(27)17-16(19(25)23(17)33(28,29)30)22-18(24)15(14-10-6-3-7-11-14)20(26)32-12-13-8-4-2-5-9-13/h2-11,15-17H,12H2,1H3,(H,22,24)(H,28,29,30)/t15?,16-,17-/m0/s1. The third-order valence-electron chi connectivity index (χ3n) is 4.90. The van der Waals surface area contributed by atoms with Crippen LogP contribution < -0.4 is 5.32 Å². The van der Waals surface area contributed by atoms with Gasteiger partial charge in [-0.25, -0.2) is 4.79 Å². The summed E-state index contributed by atoms with van der Waals surface area (Å²) in [4.78, 5) is 50.1. The van der Waals surface area contributed by atoms with Gasteiger partial charge in [0.05, 0.1) is 7.11 Å². The number of esters is 2. The number of rotatable bonds is 8. The highest BCUT2D eigenvalue weighted by Gasteiger charge is 2.59. The fourth-order valence-electron chi connectivity index (χ4n) is 3.30. The highest BCUT2D eigenvalue weighted by atomic mass is 32.2. The Labute approximate surface area is 189 Å². The predicted octanol–water partition coefficient (Wildman–Crippen LogP) is 0.185. The zero-order valence-electron chi connectivity index (χ0n) is 17.3. The molecule has 1 aliphatic rings. The Morgan fingerprint density at radius 2 is 1.64 bits per heavy atom. The SMILES string of the molecule is COC(=O)[C@@H]1[C@H](NC(=O)C(C(=O)OCc2ccccc2)c2ccccc2)C(=O)N1S(=O)(=O)O. The van der Waals surface area contributed by atoms with Crippen LogP contribution in [0.3, 0.4) is 0 Å². The van der Waals surface area contributed by atoms with Crippen LogP contribution in [-0.4, -0.2) is 60.2 Å². The fraction of sp³-hybridized carbons (Fsp3) is 0.238. The second kappa shape index (κ2) is 9.79. The summed E-state index contributed by atoms with van der Waals surface area (Å²) >= 11 is 0. The van der Waals surface area contributed by atoms with Crippen LogP contribution in [0, 0.1) is 0 Å². The second-order valence-electron chi connectivity index (χ2n) is 7.00. The molecule has 3 atom stereocenters. The first kappa shape index (κ1) is 23.9. The third-order valence-corrected chi connectivity index (χ3v) is 5.80. The number of carbonyl (C=O) groups is 4. The average molecular weight is 476 g/mol. The maximum absolute atomic E-state index is 13.0. The van der Waals surface area contributed by atoms with Crippen molar-refractivity contribution < 1.29 is 41.6 Å². The number of ether oxygens (including phenoxy) is 2. The molecule has 0 radical (unpaired) electrons. The normalized spacial score (nSPS) is 18.6. The molecule has 3 rings (SSSR count). The van der Waals surface area contributed by atoms with Crippen molar-refractivity contribution in [2.24, 2.45) is 0 Å². The van der Waals surface area contributed by atoms with Gasteiger partial charge in [0.1, 0.15) is 12.6 Å². The summed E-state index contributed by atoms with van der Waals surface area (Å²) < 4.78 is 41.7. The maximum atomic E-state index is 13.0. The summed E-state index contributed by atoms with van der Waals surface area (Å²) in [6.07, 6.45) is 0. The van der Waals surface area contributed by atoms with Gasteiger partial charge >= 0.3 is 22.2 Å². The summed E-state index contributed by atoms with van der Waals surface area (Å²) in [5.74, 6) is -5.87. The Bertz CT molecular complexity index is 1150. The van der Waals surface area contributed by atoms with Crippen molar-refractivity contribution in [3.8, 4) is 0 Å². The van der Waals surface area contributed by atoms with Gasteiger partial charge in [-0.3, -0.25) is 18.9 Å². The predicted molar refractivity (Wildman–Crippen MR) is 112 cm³/mol. The lowest BCUT2D eigenvalue weighted by Gasteiger charge is -2.42. The molecule has 0 bridgehead atoms. The number of benzene rings is 2. The smallest absolute Gasteiger partial charge is 0.363 e. The minimum absolute atomic E-state index is 0.102. The van der Waals surface area contributed by atoms with Crippen molar-refractivity contribution in [1.82, 2.24) is 9.62 Å². The Morgan fingerprint density at radius 3 is 2.18 bits per heavy atom. The molecule has 0 spiro atoms. The molecule has 2 aromatic carbocycles. The van der Waals surface area contributed by atoms with Gasteiger partial charge < -0.3 is 14.8 Å². The van der Waals surface area contributed by atoms with Gasteiger partial charge in [-0.15, -0.1) is 0 Å². The number of amides is 2. The topological polar surface area (TPSA) is 156 Å². The quantitative estimate of drug-likeness (QED) is 0.235. The first-order valence-corrected chi connectivity index (χ1v) is 11.0. The number of hydrogen-bond acceptors (Lipinski definition) is 8. The van der Waals surface area contributed by atoms with Crippen molar-refractivity contribution in [2.75, 3.05) is 7.11 Å². The summed E-state index contributed by atoms with van der Waals surface area (Å²) in [6, 6.07) is 13.1. The zero-order chi connectivity index (χ0) is 24.2. The van der Waals surface area contributed by atoms with E-state index in [2.05, 4.69) is 10.1 Å². The molecule has 33 heavy (non-hydrogen) atoms. The highest BCUT2D eigenvalue weighted by Crippen LogP contribution is 2.26. The molecule has 12 heteroatoms. The van der Waals surface area contributed by atoms with Crippen LogP contribution in [0.2, 0.25) is 0 Å². The third kappa shape index (κ3) is 5.18. The van der Waals surface area contributed by atoms with E-state index < -0.39 is 52.1 Å². The van der Waals surface area contributed by atoms with Gasteiger partial charge in [0.15, 0.2) is 12.0 Å². The molecule has 0 aromatic heterocycles. The van der Waals surface area contributed by atoms with E-state index in [9.17, 15) is 32.1 Å². The minimum Gasteiger partial charge on any atom is -0.467 e. The van der Waals surface area contributed by atoms with Crippen LogP contribution in [-0.2, 0) is 45.6 Å². The Morgan fingerprint density at radius 1 is 1.06 bits per heavy atom. The molecule has 0 saturated carbocycles. The maximum Gasteiger partial charge on any atom is 0.363 e. The number of hydrogen-bond donors (Lipinski definition) is 2. The molecular weight excluding hydrogens is 456 g/mol. The summed E-state index contributed by atoms with van der Waals surface area (Å²) in [5, 5.41) is 2.20. The van der Waals surface area contributed by atoms with Gasteiger partial charge in [0.25, 0.3) is 5.91 Å². The van der Waals surface area contributed by atoms with Crippen LogP contribution in [0.25, 0.3) is 0 Å². The average Bonchev–Trinajstić information content (AvgIpc) is 2.79. The molecular formula is C21H20N2O9S. The molecule has 2 aromatic rings. The van der Waals surface area contributed by atoms with Gasteiger partial charge in [-0.05, 0) is 11.1 Å². The molecule has 1 saturated heterocycles. The van der Waals surface area contributed by atoms with Crippen LogP contribution in [0.4, 0.5) is 0 Å². The molecule has 2 N–H and O–H groups in total. The Kier molecular flexibility index (Phi) is 7.09. The monoisotopic (exact) mass is 476 g/mol. The number of carbonyl (C=O) groups excluding carboxylic acids is 4. The Balaban J connectivity index is 1.82. The lowest BCUT2D eigenvalue weighted by molar-refractivity contribution is -0.163. The van der Waals surface area contributed by atoms with Gasteiger partial charge in [0, 0.05) is 0 Å². The number of β-lactam (4-membered cyclic amide) rings is 1. The number of methoxy groups -OCH3 is 1. The van der Waals surface area contributed by atoms with Crippen LogP contribution in [0.5, 0.6) is 0 Å². The van der Waals surface area contributed by atoms with E-state index in [0.29, 0.717) is 5.56 Å². The second-order valence-corrected chi connectivity index (χ2v) is 8.29. The highest BCUT2D eigenvalue weighted by molar-refractivity contribution is 7.84. The molecule has 0 aliphatic carbocycles. The first-order valence-electron chi connectivity index (χ1n) is 9.59. The summed E-state index contributed by atoms with van der Waals surface area (Å²) in [7, 11) is -4.13. The van der Waals surface area contributed by atoms with Gasteiger partial charge in [-0.2, -0.15) is 12.7 Å². The van der Waals surface area contributed by atoms with E-state index in [1.165, 1.54) is 12.1 Å². The molecule has 1 unspecified atom stereocenters. The lowest BCUT2D eigenvalue weighted by atomic mass is 9.94. The number of nitrogens with zero attached hydrogens (tertiary/aromatic N) is 1. The summed E-state index contributed by atoms with van der Waals surface area (Å²) in [5.41, 5.74) is 0.933. The van der Waals surface area contributed by atoms with Crippen molar-refractivity contribution in [3.63, 3.8) is 0 Å².